The first kappa shape index (κ1) is 15.3. The van der Waals surface area contributed by atoms with E-state index in [9.17, 15) is 0 Å². The maximum atomic E-state index is 5.23. The average molecular weight is 320 g/mol. The van der Waals surface area contributed by atoms with Crippen LogP contribution in [0.1, 0.15) is 41.3 Å². The van der Waals surface area contributed by atoms with E-state index in [1.54, 1.807) is 7.11 Å². The molecule has 124 valence electrons. The van der Waals surface area contributed by atoms with Crippen molar-refractivity contribution in [2.24, 2.45) is 0 Å². The van der Waals surface area contributed by atoms with Gasteiger partial charge in [0.1, 0.15) is 5.75 Å². The van der Waals surface area contributed by atoms with Gasteiger partial charge in [-0.1, -0.05) is 23.8 Å². The van der Waals surface area contributed by atoms with E-state index >= 15 is 0 Å². The highest BCUT2D eigenvalue weighted by molar-refractivity contribution is 5.85. The van der Waals surface area contributed by atoms with Crippen LogP contribution in [0.3, 0.4) is 0 Å². The molecule has 1 atom stereocenters. The van der Waals surface area contributed by atoms with Crippen LogP contribution in [0.25, 0.3) is 10.9 Å². The van der Waals surface area contributed by atoms with E-state index in [1.165, 1.54) is 52.5 Å². The molecule has 1 aromatic heterocycles. The van der Waals surface area contributed by atoms with Gasteiger partial charge in [0, 0.05) is 29.2 Å². The van der Waals surface area contributed by atoms with Gasteiger partial charge in [0.2, 0.25) is 0 Å². The molecule has 0 amide bonds. The fraction of sp³-hybridized carbons (Fsp3) is 0.333. The molecule has 0 fully saturated rings. The fourth-order valence-corrected chi connectivity index (χ4v) is 3.77. The zero-order valence-corrected chi connectivity index (χ0v) is 14.4. The molecule has 1 aliphatic rings. The van der Waals surface area contributed by atoms with Crippen LogP contribution in [-0.2, 0) is 13.0 Å². The Balaban J connectivity index is 1.56. The molecule has 1 aliphatic carbocycles. The number of hydrogen-bond acceptors (Lipinski definition) is 2. The number of hydrogen-bond donors (Lipinski definition) is 2. The molecule has 3 heteroatoms. The monoisotopic (exact) mass is 320 g/mol. The molecule has 0 aliphatic heterocycles. The normalized spacial score (nSPS) is 17.0. The van der Waals surface area contributed by atoms with E-state index in [0.717, 1.165) is 12.3 Å². The van der Waals surface area contributed by atoms with Gasteiger partial charge in [0.25, 0.3) is 0 Å². The molecule has 3 nitrogen and oxygen atoms in total. The summed E-state index contributed by atoms with van der Waals surface area (Å²) in [5.74, 6) is 0.907. The second kappa shape index (κ2) is 6.33. The van der Waals surface area contributed by atoms with Gasteiger partial charge in [0.15, 0.2) is 0 Å². The Labute approximate surface area is 143 Å². The molecular formula is C21H24N2O. The second-order valence-electron chi connectivity index (χ2n) is 6.74. The molecule has 0 spiro atoms. The van der Waals surface area contributed by atoms with Crippen LogP contribution in [0.5, 0.6) is 5.75 Å². The summed E-state index contributed by atoms with van der Waals surface area (Å²) < 4.78 is 5.23. The molecule has 2 aromatic carbocycles. The van der Waals surface area contributed by atoms with Gasteiger partial charge < -0.3 is 15.0 Å². The summed E-state index contributed by atoms with van der Waals surface area (Å²) >= 11 is 0. The number of rotatable bonds is 4. The number of nitrogens with one attached hydrogen (secondary N) is 2. The minimum atomic E-state index is 0.406. The Morgan fingerprint density at radius 1 is 1.17 bits per heavy atom. The van der Waals surface area contributed by atoms with E-state index in [2.05, 4.69) is 47.6 Å². The lowest BCUT2D eigenvalue weighted by Crippen LogP contribution is -2.24. The Bertz CT molecular complexity index is 848. The largest absolute Gasteiger partial charge is 0.497 e. The standard InChI is InChI=1S/C21H24N2O/c1-14-6-11-19-18(12-14)17-4-3-5-20(21(17)23-19)22-13-15-7-9-16(24-2)10-8-15/h6-12,20,22-23H,3-5,13H2,1-2H3. The van der Waals surface area contributed by atoms with E-state index < -0.39 is 0 Å². The van der Waals surface area contributed by atoms with Crippen molar-refractivity contribution in [1.29, 1.82) is 0 Å². The van der Waals surface area contributed by atoms with Gasteiger partial charge in [-0.05, 0) is 61.6 Å². The lowest BCUT2D eigenvalue weighted by atomic mass is 9.91. The molecule has 0 saturated carbocycles. The number of ether oxygens (including phenoxy) is 1. The number of aromatic amines is 1. The summed E-state index contributed by atoms with van der Waals surface area (Å²) in [6.45, 7) is 3.05. The van der Waals surface area contributed by atoms with Crippen molar-refractivity contribution in [3.8, 4) is 5.75 Å². The van der Waals surface area contributed by atoms with Crippen LogP contribution in [-0.4, -0.2) is 12.1 Å². The lowest BCUT2D eigenvalue weighted by molar-refractivity contribution is 0.414. The van der Waals surface area contributed by atoms with Gasteiger partial charge in [-0.3, -0.25) is 0 Å². The van der Waals surface area contributed by atoms with Crippen molar-refractivity contribution in [2.75, 3.05) is 7.11 Å². The number of methoxy groups -OCH3 is 1. The zero-order chi connectivity index (χ0) is 16.5. The maximum absolute atomic E-state index is 5.23. The molecule has 0 saturated heterocycles. The summed E-state index contributed by atoms with van der Waals surface area (Å²) in [4.78, 5) is 3.67. The number of aryl methyl sites for hydroxylation is 2. The topological polar surface area (TPSA) is 37.0 Å². The highest BCUT2D eigenvalue weighted by Gasteiger charge is 2.23. The molecule has 1 heterocycles. The predicted octanol–water partition coefficient (Wildman–Crippen LogP) is 4.65. The Hall–Kier alpha value is -2.26. The summed E-state index contributed by atoms with van der Waals surface area (Å²) in [7, 11) is 1.70. The van der Waals surface area contributed by atoms with E-state index in [1.807, 2.05) is 12.1 Å². The van der Waals surface area contributed by atoms with E-state index in [0.29, 0.717) is 6.04 Å². The minimum absolute atomic E-state index is 0.406. The van der Waals surface area contributed by atoms with Crippen molar-refractivity contribution >= 4 is 10.9 Å². The zero-order valence-electron chi connectivity index (χ0n) is 14.4. The van der Waals surface area contributed by atoms with Crippen molar-refractivity contribution in [2.45, 2.75) is 38.8 Å². The van der Waals surface area contributed by atoms with E-state index in [-0.39, 0.29) is 0 Å². The Morgan fingerprint density at radius 2 is 2.00 bits per heavy atom. The SMILES string of the molecule is COc1ccc(CNC2CCCc3c2[nH]c2ccc(C)cc32)cc1. The lowest BCUT2D eigenvalue weighted by Gasteiger charge is -2.24. The molecular weight excluding hydrogens is 296 g/mol. The van der Waals surface area contributed by atoms with Crippen LogP contribution in [0.2, 0.25) is 0 Å². The highest BCUT2D eigenvalue weighted by atomic mass is 16.5. The minimum Gasteiger partial charge on any atom is -0.497 e. The summed E-state index contributed by atoms with van der Waals surface area (Å²) in [5, 5.41) is 5.14. The van der Waals surface area contributed by atoms with Crippen molar-refractivity contribution < 1.29 is 4.74 Å². The Morgan fingerprint density at radius 3 is 2.79 bits per heavy atom. The summed E-state index contributed by atoms with van der Waals surface area (Å²) in [6.07, 6.45) is 3.61. The van der Waals surface area contributed by atoms with Crippen molar-refractivity contribution in [1.82, 2.24) is 10.3 Å². The maximum Gasteiger partial charge on any atom is 0.118 e. The number of fused-ring (bicyclic) bond motifs is 3. The number of H-pyrrole nitrogens is 1. The molecule has 1 unspecified atom stereocenters. The quantitative estimate of drug-likeness (QED) is 0.734. The van der Waals surface area contributed by atoms with Gasteiger partial charge in [-0.15, -0.1) is 0 Å². The summed E-state index contributed by atoms with van der Waals surface area (Å²) in [6, 6.07) is 15.4. The van der Waals surface area contributed by atoms with Crippen LogP contribution < -0.4 is 10.1 Å². The van der Waals surface area contributed by atoms with Crippen LogP contribution in [0.4, 0.5) is 0 Å². The third kappa shape index (κ3) is 2.80. The molecule has 2 N–H and O–H groups in total. The van der Waals surface area contributed by atoms with Crippen molar-refractivity contribution in [3.05, 3.63) is 64.8 Å². The van der Waals surface area contributed by atoms with Crippen LogP contribution >= 0.6 is 0 Å². The predicted molar refractivity (Wildman–Crippen MR) is 98.5 cm³/mol. The van der Waals surface area contributed by atoms with Crippen molar-refractivity contribution in [3.63, 3.8) is 0 Å². The van der Waals surface area contributed by atoms with Gasteiger partial charge in [0.05, 0.1) is 7.11 Å². The second-order valence-corrected chi connectivity index (χ2v) is 6.74. The molecule has 0 radical (unpaired) electrons. The highest BCUT2D eigenvalue weighted by Crippen LogP contribution is 2.35. The molecule has 24 heavy (non-hydrogen) atoms. The van der Waals surface area contributed by atoms with Gasteiger partial charge >= 0.3 is 0 Å². The first-order valence-electron chi connectivity index (χ1n) is 8.72. The summed E-state index contributed by atoms with van der Waals surface area (Å²) in [5.41, 5.74) is 6.78. The fourth-order valence-electron chi connectivity index (χ4n) is 3.77. The first-order valence-corrected chi connectivity index (χ1v) is 8.72. The van der Waals surface area contributed by atoms with Crippen LogP contribution in [0.15, 0.2) is 42.5 Å². The van der Waals surface area contributed by atoms with Crippen LogP contribution in [0, 0.1) is 6.92 Å². The smallest absolute Gasteiger partial charge is 0.118 e. The number of benzene rings is 2. The van der Waals surface area contributed by atoms with Gasteiger partial charge in [-0.25, -0.2) is 0 Å². The molecule has 0 bridgehead atoms. The third-order valence-corrected chi connectivity index (χ3v) is 5.07. The van der Waals surface area contributed by atoms with Gasteiger partial charge in [-0.2, -0.15) is 0 Å². The third-order valence-electron chi connectivity index (χ3n) is 5.07. The number of aromatic nitrogens is 1. The Kier molecular flexibility index (Phi) is 4.03. The molecule has 4 rings (SSSR count). The average Bonchev–Trinajstić information content (AvgIpc) is 2.99. The van der Waals surface area contributed by atoms with E-state index in [4.69, 9.17) is 4.74 Å². The first-order chi connectivity index (χ1) is 11.7. The molecule has 3 aromatic rings.